The summed E-state index contributed by atoms with van der Waals surface area (Å²) in [4.78, 5) is 24.5. The molecule has 67 heavy (non-hydrogen) atoms. The van der Waals surface area contributed by atoms with Gasteiger partial charge in [0.25, 0.3) is 0 Å². The summed E-state index contributed by atoms with van der Waals surface area (Å²) >= 11 is 0. The highest BCUT2D eigenvalue weighted by Gasteiger charge is 2.18. The van der Waals surface area contributed by atoms with Crippen molar-refractivity contribution in [3.05, 3.63) is 24.3 Å². The van der Waals surface area contributed by atoms with E-state index in [1.165, 1.54) is 244 Å². The molecule has 6 heteroatoms. The van der Waals surface area contributed by atoms with Gasteiger partial charge in [0.1, 0.15) is 0 Å². The maximum absolute atomic E-state index is 12.5. The van der Waals surface area contributed by atoms with Crippen molar-refractivity contribution in [1.82, 2.24) is 5.32 Å². The van der Waals surface area contributed by atoms with E-state index in [1.807, 2.05) is 6.08 Å². The molecular weight excluding hydrogens is 827 g/mol. The summed E-state index contributed by atoms with van der Waals surface area (Å²) in [5.41, 5.74) is 0. The number of unbranched alkanes of at least 4 members (excludes halogenated alkanes) is 43. The molecule has 2 unspecified atom stereocenters. The van der Waals surface area contributed by atoms with E-state index >= 15 is 0 Å². The van der Waals surface area contributed by atoms with Crippen molar-refractivity contribution in [3.63, 3.8) is 0 Å². The number of amides is 1. The van der Waals surface area contributed by atoms with Gasteiger partial charge < -0.3 is 20.3 Å². The van der Waals surface area contributed by atoms with Gasteiger partial charge in [0.05, 0.1) is 25.4 Å². The minimum atomic E-state index is -0.856. The van der Waals surface area contributed by atoms with E-state index in [0.717, 1.165) is 57.8 Å². The molecule has 0 heterocycles. The van der Waals surface area contributed by atoms with Crippen molar-refractivity contribution < 1.29 is 24.5 Å². The number of aliphatic hydroxyl groups excluding tert-OH is 2. The summed E-state index contributed by atoms with van der Waals surface area (Å²) in [6.07, 6.45) is 69.2. The molecule has 6 nitrogen and oxygen atoms in total. The molecule has 0 aromatic carbocycles. The number of nitrogens with one attached hydrogen (secondary N) is 1. The minimum absolute atomic E-state index is 0.0193. The number of ether oxygens (including phenoxy) is 1. The summed E-state index contributed by atoms with van der Waals surface area (Å²) < 4.78 is 5.46. The van der Waals surface area contributed by atoms with Crippen molar-refractivity contribution in [2.24, 2.45) is 0 Å². The van der Waals surface area contributed by atoms with Crippen LogP contribution in [0.15, 0.2) is 24.3 Å². The Hall–Kier alpha value is -1.66. The molecule has 0 bridgehead atoms. The van der Waals surface area contributed by atoms with Gasteiger partial charge in [0.2, 0.25) is 5.91 Å². The molecule has 0 aromatic rings. The number of hydrogen-bond acceptors (Lipinski definition) is 5. The van der Waals surface area contributed by atoms with Crippen LogP contribution in [0.3, 0.4) is 0 Å². The summed E-state index contributed by atoms with van der Waals surface area (Å²) in [5, 5.41) is 23.2. The van der Waals surface area contributed by atoms with Gasteiger partial charge in [-0.15, -0.1) is 0 Å². The first kappa shape index (κ1) is 65.3. The highest BCUT2D eigenvalue weighted by Crippen LogP contribution is 2.17. The number of esters is 1. The van der Waals surface area contributed by atoms with Gasteiger partial charge in [-0.1, -0.05) is 282 Å². The molecule has 0 spiro atoms. The average molecular weight is 945 g/mol. The molecule has 2 atom stereocenters. The fourth-order valence-corrected chi connectivity index (χ4v) is 9.34. The van der Waals surface area contributed by atoms with Crippen molar-refractivity contribution >= 4 is 11.9 Å². The Bertz CT molecular complexity index is 1040. The van der Waals surface area contributed by atoms with Gasteiger partial charge in [0, 0.05) is 12.8 Å². The molecule has 0 aliphatic heterocycles. The van der Waals surface area contributed by atoms with Crippen LogP contribution in [-0.2, 0) is 14.3 Å². The van der Waals surface area contributed by atoms with Crippen LogP contribution < -0.4 is 5.32 Å². The fourth-order valence-electron chi connectivity index (χ4n) is 9.34. The van der Waals surface area contributed by atoms with Crippen LogP contribution in [-0.4, -0.2) is 47.4 Å². The topological polar surface area (TPSA) is 95.9 Å². The number of carbonyl (C=O) groups excluding carboxylic acids is 2. The second kappa shape index (κ2) is 56.9. The highest BCUT2D eigenvalue weighted by molar-refractivity contribution is 5.76. The van der Waals surface area contributed by atoms with E-state index in [0.29, 0.717) is 19.4 Å². The Morgan fingerprint density at radius 2 is 0.701 bits per heavy atom. The van der Waals surface area contributed by atoms with Crippen LogP contribution in [0.4, 0.5) is 0 Å². The Balaban J connectivity index is 3.49. The molecule has 0 aliphatic rings. The number of rotatable bonds is 56. The van der Waals surface area contributed by atoms with E-state index in [9.17, 15) is 19.8 Å². The van der Waals surface area contributed by atoms with Crippen LogP contribution in [0.5, 0.6) is 0 Å². The normalized spacial score (nSPS) is 12.7. The molecule has 0 fully saturated rings. The van der Waals surface area contributed by atoms with Crippen LogP contribution in [0.1, 0.15) is 328 Å². The third-order valence-electron chi connectivity index (χ3n) is 14.0. The van der Waals surface area contributed by atoms with Crippen molar-refractivity contribution in [3.8, 4) is 0 Å². The second-order valence-corrected chi connectivity index (χ2v) is 20.7. The Labute approximate surface area is 418 Å². The third kappa shape index (κ3) is 53.5. The highest BCUT2D eigenvalue weighted by atomic mass is 16.5. The van der Waals surface area contributed by atoms with Gasteiger partial charge in [-0.05, 0) is 57.8 Å². The first-order valence-corrected chi connectivity index (χ1v) is 30.1. The molecule has 0 saturated heterocycles. The number of aliphatic hydroxyl groups is 2. The molecule has 0 aromatic heterocycles. The lowest BCUT2D eigenvalue weighted by Gasteiger charge is -2.20. The van der Waals surface area contributed by atoms with Gasteiger partial charge in [0.15, 0.2) is 0 Å². The quantitative estimate of drug-likeness (QED) is 0.0321. The maximum Gasteiger partial charge on any atom is 0.305 e. The van der Waals surface area contributed by atoms with Gasteiger partial charge in [-0.2, -0.15) is 0 Å². The first-order valence-electron chi connectivity index (χ1n) is 30.1. The van der Waals surface area contributed by atoms with Crippen molar-refractivity contribution in [2.45, 2.75) is 341 Å². The lowest BCUT2D eigenvalue weighted by atomic mass is 10.0. The Morgan fingerprint density at radius 3 is 1.07 bits per heavy atom. The summed E-state index contributed by atoms with van der Waals surface area (Å²) in [5.74, 6) is -0.100. The van der Waals surface area contributed by atoms with E-state index in [1.54, 1.807) is 6.08 Å². The lowest BCUT2D eigenvalue weighted by molar-refractivity contribution is -0.143. The van der Waals surface area contributed by atoms with Crippen LogP contribution >= 0.6 is 0 Å². The van der Waals surface area contributed by atoms with E-state index in [2.05, 4.69) is 31.3 Å². The zero-order valence-corrected chi connectivity index (χ0v) is 45.1. The number of hydrogen-bond donors (Lipinski definition) is 3. The average Bonchev–Trinajstić information content (AvgIpc) is 3.33. The maximum atomic E-state index is 12.5. The summed E-state index contributed by atoms with van der Waals surface area (Å²) in [7, 11) is 0. The second-order valence-electron chi connectivity index (χ2n) is 20.7. The molecular formula is C61H117NO5. The SMILES string of the molecule is CCCCCC/C=C\CCCCCCCC(=O)OCCCCCCCCCCCCCCC(=O)NC(CO)C(O)/C=C/CCCCCCCCCCCCCCCCCCCCCCCCC. The smallest absolute Gasteiger partial charge is 0.305 e. The van der Waals surface area contributed by atoms with Crippen molar-refractivity contribution in [1.29, 1.82) is 0 Å². The van der Waals surface area contributed by atoms with Crippen molar-refractivity contribution in [2.75, 3.05) is 13.2 Å². The lowest BCUT2D eigenvalue weighted by Crippen LogP contribution is -2.45. The van der Waals surface area contributed by atoms with Crippen LogP contribution in [0.25, 0.3) is 0 Å². The Kier molecular flexibility index (Phi) is 55.5. The predicted octanol–water partition coefficient (Wildman–Crippen LogP) is 18.6. The monoisotopic (exact) mass is 944 g/mol. The van der Waals surface area contributed by atoms with E-state index in [-0.39, 0.29) is 18.5 Å². The molecule has 0 radical (unpaired) electrons. The molecule has 0 rings (SSSR count). The third-order valence-corrected chi connectivity index (χ3v) is 14.0. The standard InChI is InChI=1S/C61H117NO5/c1-3-5-7-9-11-13-15-17-18-19-20-21-22-23-24-25-26-27-28-30-33-37-41-45-49-53-59(64)58(57-63)62-60(65)54-50-46-42-38-34-31-32-36-40-44-48-52-56-67-61(66)55-51-47-43-39-35-29-16-14-12-10-8-6-4-2/h14,16,49,53,58-59,63-64H,3-13,15,17-48,50-52,54-57H2,1-2H3,(H,62,65)/b16-14-,53-49+. The number of allylic oxidation sites excluding steroid dienone is 3. The molecule has 396 valence electrons. The minimum Gasteiger partial charge on any atom is -0.466 e. The van der Waals surface area contributed by atoms with Gasteiger partial charge >= 0.3 is 5.97 Å². The first-order chi connectivity index (χ1) is 33.0. The summed E-state index contributed by atoms with van der Waals surface area (Å²) in [6.45, 7) is 4.87. The molecule has 0 aliphatic carbocycles. The van der Waals surface area contributed by atoms with Crippen LogP contribution in [0, 0.1) is 0 Å². The molecule has 3 N–H and O–H groups in total. The van der Waals surface area contributed by atoms with Crippen LogP contribution in [0.2, 0.25) is 0 Å². The van der Waals surface area contributed by atoms with E-state index in [4.69, 9.17) is 4.74 Å². The summed E-state index contributed by atoms with van der Waals surface area (Å²) in [6, 6.07) is -0.641. The van der Waals surface area contributed by atoms with E-state index < -0.39 is 12.1 Å². The fraction of sp³-hybridized carbons (Fsp3) is 0.902. The van der Waals surface area contributed by atoms with Gasteiger partial charge in [-0.3, -0.25) is 9.59 Å². The number of carbonyl (C=O) groups is 2. The Morgan fingerprint density at radius 1 is 0.403 bits per heavy atom. The predicted molar refractivity (Wildman–Crippen MR) is 292 cm³/mol. The van der Waals surface area contributed by atoms with Gasteiger partial charge in [-0.25, -0.2) is 0 Å². The zero-order valence-electron chi connectivity index (χ0n) is 45.1. The zero-order chi connectivity index (χ0) is 48.6. The molecule has 0 saturated carbocycles. The molecule has 1 amide bonds. The largest absolute Gasteiger partial charge is 0.466 e.